The zero-order chi connectivity index (χ0) is 11.7. The lowest BCUT2D eigenvalue weighted by Crippen LogP contribution is -2.03. The first kappa shape index (κ1) is 11.1. The number of pyridine rings is 1. The van der Waals surface area contributed by atoms with Gasteiger partial charge in [-0.15, -0.1) is 0 Å². The lowest BCUT2D eigenvalue weighted by atomic mass is 10.1. The average Bonchev–Trinajstić information content (AvgIpc) is 2.48. The number of aromatic nitrogens is 3. The molecule has 0 radical (unpaired) electrons. The molecule has 16 heavy (non-hydrogen) atoms. The van der Waals surface area contributed by atoms with Crippen molar-refractivity contribution < 1.29 is 0 Å². The second kappa shape index (κ2) is 4.25. The SMILES string of the molecule is Cc1nn(C)c(Cc2cccnc2N)c1Br. The Labute approximate surface area is 103 Å². The molecule has 0 aliphatic carbocycles. The van der Waals surface area contributed by atoms with E-state index in [2.05, 4.69) is 26.0 Å². The highest BCUT2D eigenvalue weighted by atomic mass is 79.9. The van der Waals surface area contributed by atoms with Gasteiger partial charge in [0, 0.05) is 25.2 Å². The van der Waals surface area contributed by atoms with Crippen LogP contribution in [0.4, 0.5) is 5.82 Å². The van der Waals surface area contributed by atoms with Crippen LogP contribution >= 0.6 is 15.9 Å². The Hall–Kier alpha value is -1.36. The van der Waals surface area contributed by atoms with Gasteiger partial charge in [-0.3, -0.25) is 4.68 Å². The molecular formula is C11H13BrN4. The summed E-state index contributed by atoms with van der Waals surface area (Å²) in [5.74, 6) is 0.577. The van der Waals surface area contributed by atoms with E-state index < -0.39 is 0 Å². The van der Waals surface area contributed by atoms with Crippen LogP contribution in [0.15, 0.2) is 22.8 Å². The summed E-state index contributed by atoms with van der Waals surface area (Å²) >= 11 is 3.54. The molecule has 0 bridgehead atoms. The van der Waals surface area contributed by atoms with Gasteiger partial charge in [-0.25, -0.2) is 4.98 Å². The minimum absolute atomic E-state index is 0.577. The van der Waals surface area contributed by atoms with Crippen molar-refractivity contribution in [2.75, 3.05) is 5.73 Å². The molecule has 4 nitrogen and oxygen atoms in total. The van der Waals surface area contributed by atoms with E-state index in [0.29, 0.717) is 5.82 Å². The topological polar surface area (TPSA) is 56.7 Å². The standard InChI is InChI=1S/C11H13BrN4/c1-7-10(12)9(16(2)15-7)6-8-4-3-5-14-11(8)13/h3-5H,6H2,1-2H3,(H2,13,14). The van der Waals surface area contributed by atoms with Crippen LogP contribution in [0, 0.1) is 6.92 Å². The van der Waals surface area contributed by atoms with Crippen molar-refractivity contribution in [1.29, 1.82) is 0 Å². The minimum atomic E-state index is 0.577. The Balaban J connectivity index is 2.38. The number of nitrogen functional groups attached to an aromatic ring is 1. The number of hydrogen-bond donors (Lipinski definition) is 1. The van der Waals surface area contributed by atoms with Crippen LogP contribution in [0.1, 0.15) is 17.0 Å². The molecule has 2 N–H and O–H groups in total. The van der Waals surface area contributed by atoms with E-state index in [1.807, 2.05) is 30.8 Å². The van der Waals surface area contributed by atoms with Crippen LogP contribution in [-0.4, -0.2) is 14.8 Å². The monoisotopic (exact) mass is 280 g/mol. The molecule has 0 aliphatic rings. The van der Waals surface area contributed by atoms with Crippen molar-refractivity contribution in [2.24, 2.45) is 7.05 Å². The molecule has 0 aliphatic heterocycles. The molecule has 2 aromatic rings. The van der Waals surface area contributed by atoms with Crippen LogP contribution < -0.4 is 5.73 Å². The highest BCUT2D eigenvalue weighted by Gasteiger charge is 2.12. The summed E-state index contributed by atoms with van der Waals surface area (Å²) in [5.41, 5.74) is 8.93. The van der Waals surface area contributed by atoms with Gasteiger partial charge >= 0.3 is 0 Å². The van der Waals surface area contributed by atoms with Crippen molar-refractivity contribution in [2.45, 2.75) is 13.3 Å². The number of nitrogens with two attached hydrogens (primary N) is 1. The Kier molecular flexibility index (Phi) is 2.96. The lowest BCUT2D eigenvalue weighted by molar-refractivity contribution is 0.716. The Bertz CT molecular complexity index is 519. The average molecular weight is 281 g/mol. The molecule has 0 saturated heterocycles. The Morgan fingerprint density at radius 2 is 2.25 bits per heavy atom. The molecule has 2 rings (SSSR count). The first-order valence-corrected chi connectivity index (χ1v) is 5.76. The lowest BCUT2D eigenvalue weighted by Gasteiger charge is -2.05. The van der Waals surface area contributed by atoms with Gasteiger partial charge in [-0.05, 0) is 28.9 Å². The minimum Gasteiger partial charge on any atom is -0.383 e. The Morgan fingerprint density at radius 1 is 1.50 bits per heavy atom. The quantitative estimate of drug-likeness (QED) is 0.916. The number of anilines is 1. The number of halogens is 1. The molecule has 0 unspecified atom stereocenters. The molecular weight excluding hydrogens is 268 g/mol. The first-order chi connectivity index (χ1) is 7.59. The van der Waals surface area contributed by atoms with Gasteiger partial charge in [-0.2, -0.15) is 5.10 Å². The van der Waals surface area contributed by atoms with Crippen molar-refractivity contribution in [3.8, 4) is 0 Å². The van der Waals surface area contributed by atoms with E-state index >= 15 is 0 Å². The number of aryl methyl sites for hydroxylation is 2. The number of nitrogens with zero attached hydrogens (tertiary/aromatic N) is 3. The van der Waals surface area contributed by atoms with Gasteiger partial charge in [0.25, 0.3) is 0 Å². The number of rotatable bonds is 2. The summed E-state index contributed by atoms with van der Waals surface area (Å²) in [6.07, 6.45) is 2.43. The van der Waals surface area contributed by atoms with Crippen molar-refractivity contribution >= 4 is 21.7 Å². The largest absolute Gasteiger partial charge is 0.383 e. The predicted molar refractivity (Wildman–Crippen MR) is 67.1 cm³/mol. The first-order valence-electron chi connectivity index (χ1n) is 4.97. The zero-order valence-electron chi connectivity index (χ0n) is 9.24. The van der Waals surface area contributed by atoms with Gasteiger partial charge in [0.15, 0.2) is 0 Å². The van der Waals surface area contributed by atoms with Gasteiger partial charge in [0.05, 0.1) is 15.9 Å². The van der Waals surface area contributed by atoms with Crippen molar-refractivity contribution in [3.05, 3.63) is 39.8 Å². The zero-order valence-corrected chi connectivity index (χ0v) is 10.8. The van der Waals surface area contributed by atoms with E-state index in [9.17, 15) is 0 Å². The molecule has 0 fully saturated rings. The maximum Gasteiger partial charge on any atom is 0.126 e. The second-order valence-electron chi connectivity index (χ2n) is 3.69. The van der Waals surface area contributed by atoms with E-state index in [1.165, 1.54) is 0 Å². The summed E-state index contributed by atoms with van der Waals surface area (Å²) in [5, 5.41) is 4.34. The third-order valence-corrected chi connectivity index (χ3v) is 3.58. The van der Waals surface area contributed by atoms with Gasteiger partial charge < -0.3 is 5.73 Å². The Morgan fingerprint density at radius 3 is 2.81 bits per heavy atom. The normalized spacial score (nSPS) is 10.7. The third kappa shape index (κ3) is 1.95. The van der Waals surface area contributed by atoms with Crippen molar-refractivity contribution in [1.82, 2.24) is 14.8 Å². The van der Waals surface area contributed by atoms with Crippen LogP contribution in [-0.2, 0) is 13.5 Å². The summed E-state index contributed by atoms with van der Waals surface area (Å²) in [6.45, 7) is 1.97. The smallest absolute Gasteiger partial charge is 0.126 e. The van der Waals surface area contributed by atoms with Gasteiger partial charge in [-0.1, -0.05) is 6.07 Å². The molecule has 2 aromatic heterocycles. The van der Waals surface area contributed by atoms with E-state index in [1.54, 1.807) is 6.20 Å². The summed E-state index contributed by atoms with van der Waals surface area (Å²) in [6, 6.07) is 3.87. The third-order valence-electron chi connectivity index (χ3n) is 2.55. The summed E-state index contributed by atoms with van der Waals surface area (Å²) < 4.78 is 2.91. The fraction of sp³-hybridized carbons (Fsp3) is 0.273. The van der Waals surface area contributed by atoms with Crippen molar-refractivity contribution in [3.63, 3.8) is 0 Å². The predicted octanol–water partition coefficient (Wildman–Crippen LogP) is 2.06. The van der Waals surface area contributed by atoms with E-state index in [4.69, 9.17) is 5.73 Å². The van der Waals surface area contributed by atoms with Crippen LogP contribution in [0.3, 0.4) is 0 Å². The molecule has 84 valence electrons. The van der Waals surface area contributed by atoms with Gasteiger partial charge in [0.2, 0.25) is 0 Å². The van der Waals surface area contributed by atoms with E-state index in [-0.39, 0.29) is 0 Å². The highest BCUT2D eigenvalue weighted by Crippen LogP contribution is 2.24. The fourth-order valence-corrected chi connectivity index (χ4v) is 2.13. The molecule has 2 heterocycles. The maximum atomic E-state index is 5.82. The van der Waals surface area contributed by atoms with Crippen LogP contribution in [0.5, 0.6) is 0 Å². The summed E-state index contributed by atoms with van der Waals surface area (Å²) in [7, 11) is 1.93. The highest BCUT2D eigenvalue weighted by molar-refractivity contribution is 9.10. The van der Waals surface area contributed by atoms with Gasteiger partial charge in [0.1, 0.15) is 5.82 Å². The molecule has 0 spiro atoms. The molecule has 0 atom stereocenters. The van der Waals surface area contributed by atoms with Crippen LogP contribution in [0.25, 0.3) is 0 Å². The second-order valence-corrected chi connectivity index (χ2v) is 4.49. The fourth-order valence-electron chi connectivity index (χ4n) is 1.65. The molecule has 0 aromatic carbocycles. The molecule has 0 amide bonds. The molecule has 0 saturated carbocycles. The molecule has 5 heteroatoms. The van der Waals surface area contributed by atoms with E-state index in [0.717, 1.165) is 27.8 Å². The summed E-state index contributed by atoms with van der Waals surface area (Å²) in [4.78, 5) is 4.07. The maximum absolute atomic E-state index is 5.82. The van der Waals surface area contributed by atoms with Crippen LogP contribution in [0.2, 0.25) is 0 Å². The number of hydrogen-bond acceptors (Lipinski definition) is 3.